The summed E-state index contributed by atoms with van der Waals surface area (Å²) in [6.45, 7) is 11.3. The average Bonchev–Trinajstić information content (AvgIpc) is 2.38. The van der Waals surface area contributed by atoms with E-state index in [1.807, 2.05) is 32.9 Å². The second-order valence-electron chi connectivity index (χ2n) is 5.80. The average molecular weight is 312 g/mol. The van der Waals surface area contributed by atoms with E-state index in [1.54, 1.807) is 12.1 Å². The lowest BCUT2D eigenvalue weighted by atomic mass is 10.1. The van der Waals surface area contributed by atoms with E-state index in [-0.39, 0.29) is 6.04 Å². The zero-order valence-corrected chi connectivity index (χ0v) is 14.6. The Morgan fingerprint density at radius 3 is 2.10 bits per heavy atom. The fourth-order valence-corrected chi connectivity index (χ4v) is 3.93. The molecule has 120 valence electrons. The molecule has 0 fully saturated rings. The van der Waals surface area contributed by atoms with Crippen molar-refractivity contribution in [1.29, 1.82) is 0 Å². The molecule has 0 aliphatic carbocycles. The summed E-state index contributed by atoms with van der Waals surface area (Å²) in [7, 11) is -3.38. The highest BCUT2D eigenvalue weighted by Crippen LogP contribution is 2.18. The predicted molar refractivity (Wildman–Crippen MR) is 88.0 cm³/mol. The lowest BCUT2D eigenvalue weighted by molar-refractivity contribution is 0.369. The highest BCUT2D eigenvalue weighted by atomic mass is 32.2. The Hall–Kier alpha value is -0.910. The molecule has 4 nitrogen and oxygen atoms in total. The topological polar surface area (TPSA) is 49.4 Å². The van der Waals surface area contributed by atoms with E-state index in [0.29, 0.717) is 17.5 Å². The maximum absolute atomic E-state index is 12.5. The molecule has 0 bridgehead atoms. The van der Waals surface area contributed by atoms with Gasteiger partial charge in [0.1, 0.15) is 0 Å². The third-order valence-electron chi connectivity index (χ3n) is 3.38. The van der Waals surface area contributed by atoms with Crippen molar-refractivity contribution in [3.63, 3.8) is 0 Å². The summed E-state index contributed by atoms with van der Waals surface area (Å²) in [6, 6.07) is 7.67. The minimum atomic E-state index is -3.38. The summed E-state index contributed by atoms with van der Waals surface area (Å²) in [5.41, 5.74) is 1.15. The summed E-state index contributed by atoms with van der Waals surface area (Å²) in [4.78, 5) is 0.374. The molecule has 0 aromatic heterocycles. The van der Waals surface area contributed by atoms with Gasteiger partial charge in [-0.15, -0.1) is 0 Å². The number of sulfonamides is 1. The lowest BCUT2D eigenvalue weighted by Gasteiger charge is -2.24. The number of nitrogens with zero attached hydrogens (tertiary/aromatic N) is 1. The largest absolute Gasteiger partial charge is 0.314 e. The van der Waals surface area contributed by atoms with Crippen molar-refractivity contribution in [1.82, 2.24) is 9.62 Å². The van der Waals surface area contributed by atoms with Crippen molar-refractivity contribution in [3.05, 3.63) is 29.8 Å². The number of nitrogens with one attached hydrogen (secondary N) is 1. The number of hydrogen-bond donors (Lipinski definition) is 1. The van der Waals surface area contributed by atoms with Crippen LogP contribution >= 0.6 is 0 Å². The molecule has 1 aromatic rings. The third-order valence-corrected chi connectivity index (χ3v) is 5.55. The molecule has 0 spiro atoms. The van der Waals surface area contributed by atoms with Gasteiger partial charge < -0.3 is 5.32 Å². The monoisotopic (exact) mass is 312 g/mol. The Balaban J connectivity index is 2.81. The number of benzene rings is 1. The Morgan fingerprint density at radius 1 is 1.10 bits per heavy atom. The van der Waals surface area contributed by atoms with Crippen molar-refractivity contribution in [2.24, 2.45) is 0 Å². The Morgan fingerprint density at radius 2 is 1.67 bits per heavy atom. The summed E-state index contributed by atoms with van der Waals surface area (Å²) in [5, 5.41) is 3.35. The second kappa shape index (κ2) is 7.92. The molecule has 0 saturated carbocycles. The van der Waals surface area contributed by atoms with Crippen LogP contribution in [0.4, 0.5) is 0 Å². The highest BCUT2D eigenvalue weighted by molar-refractivity contribution is 7.89. The molecule has 0 heterocycles. The van der Waals surface area contributed by atoms with E-state index in [0.717, 1.165) is 18.5 Å². The van der Waals surface area contributed by atoms with E-state index >= 15 is 0 Å². The van der Waals surface area contributed by atoms with Gasteiger partial charge in [0.25, 0.3) is 0 Å². The van der Waals surface area contributed by atoms with Crippen LogP contribution in [-0.2, 0) is 16.4 Å². The van der Waals surface area contributed by atoms with Gasteiger partial charge >= 0.3 is 0 Å². The first-order valence-corrected chi connectivity index (χ1v) is 9.07. The number of rotatable bonds is 8. The molecule has 0 amide bonds. The molecule has 0 aliphatic heterocycles. The molecule has 0 unspecified atom stereocenters. The van der Waals surface area contributed by atoms with Gasteiger partial charge in [-0.3, -0.25) is 0 Å². The van der Waals surface area contributed by atoms with Crippen molar-refractivity contribution >= 4 is 10.0 Å². The maximum atomic E-state index is 12.5. The second-order valence-corrected chi connectivity index (χ2v) is 7.70. The normalized spacial score (nSPS) is 12.6. The molecular formula is C16H28N2O2S. The first-order valence-electron chi connectivity index (χ1n) is 7.63. The van der Waals surface area contributed by atoms with E-state index in [9.17, 15) is 8.42 Å². The van der Waals surface area contributed by atoms with Crippen molar-refractivity contribution in [2.75, 3.05) is 13.1 Å². The van der Waals surface area contributed by atoms with Gasteiger partial charge in [-0.2, -0.15) is 4.31 Å². The Kier molecular flexibility index (Phi) is 6.84. The Labute approximate surface area is 129 Å². The van der Waals surface area contributed by atoms with Gasteiger partial charge in [-0.1, -0.05) is 32.9 Å². The summed E-state index contributed by atoms with van der Waals surface area (Å²) >= 11 is 0. The quantitative estimate of drug-likeness (QED) is 0.803. The zero-order chi connectivity index (χ0) is 16.0. The standard InChI is InChI=1S/C16H28N2O2S/c1-6-18(14(4)5)21(19,20)16-9-7-15(8-10-16)11-12-17-13(2)3/h7-10,13-14,17H,6,11-12H2,1-5H3. The van der Waals surface area contributed by atoms with Gasteiger partial charge in [-0.25, -0.2) is 8.42 Å². The molecule has 21 heavy (non-hydrogen) atoms. The van der Waals surface area contributed by atoms with Crippen molar-refractivity contribution in [3.8, 4) is 0 Å². The first-order chi connectivity index (χ1) is 9.78. The van der Waals surface area contributed by atoms with E-state index in [4.69, 9.17) is 0 Å². The zero-order valence-electron chi connectivity index (χ0n) is 13.8. The van der Waals surface area contributed by atoms with Gasteiger partial charge in [0, 0.05) is 18.6 Å². The molecule has 0 atom stereocenters. The van der Waals surface area contributed by atoms with Crippen LogP contribution in [0, 0.1) is 0 Å². The molecule has 0 aliphatic rings. The van der Waals surface area contributed by atoms with E-state index in [2.05, 4.69) is 19.2 Å². The minimum absolute atomic E-state index is 0.0325. The van der Waals surface area contributed by atoms with Crippen LogP contribution in [0.5, 0.6) is 0 Å². The molecular weight excluding hydrogens is 284 g/mol. The molecule has 5 heteroatoms. The minimum Gasteiger partial charge on any atom is -0.314 e. The van der Waals surface area contributed by atoms with Crippen LogP contribution in [0.3, 0.4) is 0 Å². The summed E-state index contributed by atoms with van der Waals surface area (Å²) in [5.74, 6) is 0. The van der Waals surface area contributed by atoms with Crippen LogP contribution in [0.1, 0.15) is 40.2 Å². The lowest BCUT2D eigenvalue weighted by Crippen LogP contribution is -2.36. The Bertz CT molecular complexity index is 522. The molecule has 1 rings (SSSR count). The smallest absolute Gasteiger partial charge is 0.243 e. The SMILES string of the molecule is CCN(C(C)C)S(=O)(=O)c1ccc(CCNC(C)C)cc1. The van der Waals surface area contributed by atoms with Crippen LogP contribution in [0.25, 0.3) is 0 Å². The third kappa shape index (κ3) is 5.09. The van der Waals surface area contributed by atoms with Gasteiger partial charge in [-0.05, 0) is 44.5 Å². The fourth-order valence-electron chi connectivity index (χ4n) is 2.28. The van der Waals surface area contributed by atoms with Crippen LogP contribution in [0.15, 0.2) is 29.2 Å². The van der Waals surface area contributed by atoms with E-state index in [1.165, 1.54) is 4.31 Å². The van der Waals surface area contributed by atoms with E-state index < -0.39 is 10.0 Å². The maximum Gasteiger partial charge on any atom is 0.243 e. The van der Waals surface area contributed by atoms with Gasteiger partial charge in [0.2, 0.25) is 10.0 Å². The summed E-state index contributed by atoms with van der Waals surface area (Å²) < 4.78 is 26.6. The van der Waals surface area contributed by atoms with Crippen LogP contribution < -0.4 is 5.32 Å². The van der Waals surface area contributed by atoms with Crippen LogP contribution in [0.2, 0.25) is 0 Å². The number of hydrogen-bond acceptors (Lipinski definition) is 3. The predicted octanol–water partition coefficient (Wildman–Crippen LogP) is 2.65. The van der Waals surface area contributed by atoms with Crippen molar-refractivity contribution < 1.29 is 8.42 Å². The van der Waals surface area contributed by atoms with Gasteiger partial charge in [0.15, 0.2) is 0 Å². The van der Waals surface area contributed by atoms with Crippen molar-refractivity contribution in [2.45, 2.75) is 58.0 Å². The highest BCUT2D eigenvalue weighted by Gasteiger charge is 2.25. The molecule has 1 N–H and O–H groups in total. The fraction of sp³-hybridized carbons (Fsp3) is 0.625. The summed E-state index contributed by atoms with van der Waals surface area (Å²) in [6.07, 6.45) is 0.903. The molecule has 0 saturated heterocycles. The molecule has 0 radical (unpaired) electrons. The molecule has 1 aromatic carbocycles. The first kappa shape index (κ1) is 18.1. The van der Waals surface area contributed by atoms with Gasteiger partial charge in [0.05, 0.1) is 4.90 Å². The van der Waals surface area contributed by atoms with Crippen LogP contribution in [-0.4, -0.2) is 37.9 Å².